The lowest BCUT2D eigenvalue weighted by molar-refractivity contribution is -0.140. The van der Waals surface area contributed by atoms with E-state index in [-0.39, 0.29) is 5.97 Å². The van der Waals surface area contributed by atoms with E-state index in [1.807, 2.05) is 11.3 Å². The third kappa shape index (κ3) is 2.85. The second-order valence-corrected chi connectivity index (χ2v) is 5.56. The van der Waals surface area contributed by atoms with Gasteiger partial charge in [-0.1, -0.05) is 12.8 Å². The van der Waals surface area contributed by atoms with Crippen LogP contribution in [0.15, 0.2) is 12.1 Å². The van der Waals surface area contributed by atoms with Crippen molar-refractivity contribution in [3.63, 3.8) is 0 Å². The Morgan fingerprint density at radius 2 is 2.19 bits per heavy atom. The van der Waals surface area contributed by atoms with Crippen molar-refractivity contribution in [2.75, 3.05) is 7.11 Å². The van der Waals surface area contributed by atoms with E-state index >= 15 is 0 Å². The zero-order valence-corrected chi connectivity index (χ0v) is 10.5. The molecule has 0 aromatic carbocycles. The number of methoxy groups -OCH3 is 1. The molecule has 1 aliphatic carbocycles. The SMILES string of the molecule is COC(=O)CCc1ccc(C2CCCC2)s1. The highest BCUT2D eigenvalue weighted by molar-refractivity contribution is 7.12. The Morgan fingerprint density at radius 3 is 2.88 bits per heavy atom. The molecule has 16 heavy (non-hydrogen) atoms. The fourth-order valence-electron chi connectivity index (χ4n) is 2.29. The Morgan fingerprint density at radius 1 is 1.44 bits per heavy atom. The average molecular weight is 238 g/mol. The molecule has 0 saturated heterocycles. The zero-order valence-electron chi connectivity index (χ0n) is 9.70. The molecule has 0 unspecified atom stereocenters. The highest BCUT2D eigenvalue weighted by Crippen LogP contribution is 2.37. The van der Waals surface area contributed by atoms with Crippen molar-refractivity contribution >= 4 is 17.3 Å². The maximum atomic E-state index is 11.0. The van der Waals surface area contributed by atoms with Crippen LogP contribution < -0.4 is 0 Å². The second-order valence-electron chi connectivity index (χ2n) is 4.36. The highest BCUT2D eigenvalue weighted by Gasteiger charge is 2.18. The third-order valence-corrected chi connectivity index (χ3v) is 4.55. The first-order chi connectivity index (χ1) is 7.79. The van der Waals surface area contributed by atoms with Gasteiger partial charge in [0.15, 0.2) is 0 Å². The molecular weight excluding hydrogens is 220 g/mol. The van der Waals surface area contributed by atoms with Crippen molar-refractivity contribution in [1.29, 1.82) is 0 Å². The van der Waals surface area contributed by atoms with E-state index < -0.39 is 0 Å². The minimum Gasteiger partial charge on any atom is -0.469 e. The predicted molar refractivity (Wildman–Crippen MR) is 65.9 cm³/mol. The van der Waals surface area contributed by atoms with Crippen molar-refractivity contribution in [2.24, 2.45) is 0 Å². The van der Waals surface area contributed by atoms with Gasteiger partial charge in [0.05, 0.1) is 13.5 Å². The summed E-state index contributed by atoms with van der Waals surface area (Å²) in [5.74, 6) is 0.674. The van der Waals surface area contributed by atoms with Gasteiger partial charge >= 0.3 is 5.97 Å². The van der Waals surface area contributed by atoms with E-state index in [4.69, 9.17) is 0 Å². The van der Waals surface area contributed by atoms with Crippen LogP contribution in [0.2, 0.25) is 0 Å². The van der Waals surface area contributed by atoms with E-state index in [1.165, 1.54) is 42.5 Å². The Hall–Kier alpha value is -0.830. The van der Waals surface area contributed by atoms with E-state index in [9.17, 15) is 4.79 Å². The van der Waals surface area contributed by atoms with Gasteiger partial charge in [0.1, 0.15) is 0 Å². The summed E-state index contributed by atoms with van der Waals surface area (Å²) >= 11 is 1.87. The van der Waals surface area contributed by atoms with Crippen molar-refractivity contribution in [3.8, 4) is 0 Å². The van der Waals surface area contributed by atoms with Gasteiger partial charge in [-0.3, -0.25) is 4.79 Å². The number of esters is 1. The quantitative estimate of drug-likeness (QED) is 0.750. The Bertz CT molecular complexity index is 351. The van der Waals surface area contributed by atoms with Crippen LogP contribution in [0.3, 0.4) is 0 Å². The van der Waals surface area contributed by atoms with Crippen LogP contribution in [-0.4, -0.2) is 13.1 Å². The van der Waals surface area contributed by atoms with E-state index in [0.29, 0.717) is 6.42 Å². The molecule has 1 fully saturated rings. The number of ether oxygens (including phenoxy) is 1. The average Bonchev–Trinajstić information content (AvgIpc) is 2.95. The fraction of sp³-hybridized carbons (Fsp3) is 0.615. The Kier molecular flexibility index (Phi) is 3.99. The van der Waals surface area contributed by atoms with Crippen molar-refractivity contribution < 1.29 is 9.53 Å². The number of carbonyl (C=O) groups excluding carboxylic acids is 1. The first-order valence-electron chi connectivity index (χ1n) is 5.95. The summed E-state index contributed by atoms with van der Waals surface area (Å²) in [4.78, 5) is 13.9. The number of hydrogen-bond donors (Lipinski definition) is 0. The smallest absolute Gasteiger partial charge is 0.305 e. The molecule has 0 N–H and O–H groups in total. The van der Waals surface area contributed by atoms with Gasteiger partial charge in [0, 0.05) is 9.75 Å². The van der Waals surface area contributed by atoms with Crippen LogP contribution in [0, 0.1) is 0 Å². The molecule has 1 saturated carbocycles. The van der Waals surface area contributed by atoms with Crippen molar-refractivity contribution in [1.82, 2.24) is 0 Å². The summed E-state index contributed by atoms with van der Waals surface area (Å²) in [5.41, 5.74) is 0. The van der Waals surface area contributed by atoms with Gasteiger partial charge < -0.3 is 4.74 Å². The molecule has 0 spiro atoms. The summed E-state index contributed by atoms with van der Waals surface area (Å²) in [7, 11) is 1.45. The molecule has 1 aromatic heterocycles. The van der Waals surface area contributed by atoms with E-state index in [2.05, 4.69) is 16.9 Å². The van der Waals surface area contributed by atoms with Gasteiger partial charge in [-0.05, 0) is 37.3 Å². The van der Waals surface area contributed by atoms with Crippen LogP contribution in [0.4, 0.5) is 0 Å². The molecule has 2 rings (SSSR count). The molecule has 1 aromatic rings. The van der Waals surface area contributed by atoms with E-state index in [1.54, 1.807) is 0 Å². The molecule has 0 radical (unpaired) electrons. The summed E-state index contributed by atoms with van der Waals surface area (Å²) in [6.45, 7) is 0. The fourth-order valence-corrected chi connectivity index (χ4v) is 3.47. The second kappa shape index (κ2) is 5.48. The van der Waals surface area contributed by atoms with Crippen LogP contribution in [-0.2, 0) is 16.0 Å². The molecule has 3 heteroatoms. The zero-order chi connectivity index (χ0) is 11.4. The maximum absolute atomic E-state index is 11.0. The number of hydrogen-bond acceptors (Lipinski definition) is 3. The van der Waals surface area contributed by atoms with Gasteiger partial charge in [-0.25, -0.2) is 0 Å². The molecule has 0 amide bonds. The normalized spacial score (nSPS) is 16.6. The number of thiophene rings is 1. The van der Waals surface area contributed by atoms with Crippen LogP contribution in [0.5, 0.6) is 0 Å². The standard InChI is InChI=1S/C13H18O2S/c1-15-13(14)9-7-11-6-8-12(16-11)10-4-2-3-5-10/h6,8,10H,2-5,7,9H2,1H3. The first kappa shape index (κ1) is 11.6. The predicted octanol–water partition coefficient (Wildman–Crippen LogP) is 3.51. The summed E-state index contributed by atoms with van der Waals surface area (Å²) in [6.07, 6.45) is 6.76. The highest BCUT2D eigenvalue weighted by atomic mass is 32.1. The van der Waals surface area contributed by atoms with E-state index in [0.717, 1.165) is 12.3 Å². The largest absolute Gasteiger partial charge is 0.469 e. The molecule has 0 bridgehead atoms. The number of carbonyl (C=O) groups is 1. The Labute approximate surface area is 101 Å². The minimum atomic E-state index is -0.115. The first-order valence-corrected chi connectivity index (χ1v) is 6.76. The lowest BCUT2D eigenvalue weighted by Crippen LogP contribution is -2.00. The summed E-state index contributed by atoms with van der Waals surface area (Å²) in [6, 6.07) is 4.41. The molecular formula is C13H18O2S. The van der Waals surface area contributed by atoms with Crippen LogP contribution in [0.1, 0.15) is 47.8 Å². The third-order valence-electron chi connectivity index (χ3n) is 3.24. The lowest BCUT2D eigenvalue weighted by Gasteiger charge is -2.04. The molecule has 1 heterocycles. The molecule has 0 atom stereocenters. The van der Waals surface area contributed by atoms with Gasteiger partial charge in [-0.15, -0.1) is 11.3 Å². The molecule has 1 aliphatic rings. The minimum absolute atomic E-state index is 0.115. The van der Waals surface area contributed by atoms with Crippen molar-refractivity contribution in [2.45, 2.75) is 44.4 Å². The van der Waals surface area contributed by atoms with Crippen LogP contribution >= 0.6 is 11.3 Å². The summed E-state index contributed by atoms with van der Waals surface area (Å²) in [5, 5.41) is 0. The Balaban J connectivity index is 1.89. The van der Waals surface area contributed by atoms with Crippen molar-refractivity contribution in [3.05, 3.63) is 21.9 Å². The maximum Gasteiger partial charge on any atom is 0.305 e. The van der Waals surface area contributed by atoms with Gasteiger partial charge in [0.25, 0.3) is 0 Å². The van der Waals surface area contributed by atoms with Crippen LogP contribution in [0.25, 0.3) is 0 Å². The topological polar surface area (TPSA) is 26.3 Å². The number of rotatable bonds is 4. The molecule has 88 valence electrons. The molecule has 0 aliphatic heterocycles. The monoisotopic (exact) mass is 238 g/mol. The molecule has 2 nitrogen and oxygen atoms in total. The number of aryl methyl sites for hydroxylation is 1. The lowest BCUT2D eigenvalue weighted by atomic mass is 10.1. The summed E-state index contributed by atoms with van der Waals surface area (Å²) < 4.78 is 4.64. The van der Waals surface area contributed by atoms with Gasteiger partial charge in [0.2, 0.25) is 0 Å². The van der Waals surface area contributed by atoms with Gasteiger partial charge in [-0.2, -0.15) is 0 Å².